The SMILES string of the molecule is CCOC(=O)c1ccc(NC(=O)/C=C/c2cc(Cl)cc(Cl)c2OC)cc1. The molecule has 2 aromatic carbocycles. The van der Waals surface area contributed by atoms with Gasteiger partial charge in [-0.25, -0.2) is 4.79 Å². The van der Waals surface area contributed by atoms with Gasteiger partial charge >= 0.3 is 5.97 Å². The van der Waals surface area contributed by atoms with E-state index in [1.165, 1.54) is 13.2 Å². The van der Waals surface area contributed by atoms with Crippen LogP contribution in [0.3, 0.4) is 0 Å². The van der Waals surface area contributed by atoms with Gasteiger partial charge in [0.2, 0.25) is 5.91 Å². The number of anilines is 1. The van der Waals surface area contributed by atoms with E-state index < -0.39 is 5.97 Å². The van der Waals surface area contributed by atoms with Crippen LogP contribution >= 0.6 is 23.2 Å². The molecule has 26 heavy (non-hydrogen) atoms. The number of esters is 1. The quantitative estimate of drug-likeness (QED) is 0.563. The first kappa shape index (κ1) is 19.8. The number of benzene rings is 2. The van der Waals surface area contributed by atoms with Crippen molar-refractivity contribution in [3.05, 3.63) is 63.6 Å². The first-order valence-electron chi connectivity index (χ1n) is 7.74. The maximum absolute atomic E-state index is 12.1. The molecule has 0 aliphatic rings. The van der Waals surface area contributed by atoms with Crippen LogP contribution in [0.5, 0.6) is 5.75 Å². The minimum absolute atomic E-state index is 0.305. The highest BCUT2D eigenvalue weighted by Crippen LogP contribution is 2.32. The average molecular weight is 394 g/mol. The van der Waals surface area contributed by atoms with Crippen LogP contribution in [0, 0.1) is 0 Å². The van der Waals surface area contributed by atoms with E-state index >= 15 is 0 Å². The Balaban J connectivity index is 2.07. The molecule has 0 radical (unpaired) electrons. The van der Waals surface area contributed by atoms with Crippen LogP contribution in [-0.4, -0.2) is 25.6 Å². The molecule has 0 aromatic heterocycles. The molecule has 0 spiro atoms. The molecule has 1 amide bonds. The Morgan fingerprint density at radius 1 is 1.15 bits per heavy atom. The summed E-state index contributed by atoms with van der Waals surface area (Å²) in [6.07, 6.45) is 2.89. The molecule has 0 fully saturated rings. The van der Waals surface area contributed by atoms with E-state index in [2.05, 4.69) is 5.32 Å². The smallest absolute Gasteiger partial charge is 0.338 e. The molecule has 0 atom stereocenters. The van der Waals surface area contributed by atoms with Crippen LogP contribution in [0.15, 0.2) is 42.5 Å². The number of carbonyl (C=O) groups is 2. The molecule has 136 valence electrons. The summed E-state index contributed by atoms with van der Waals surface area (Å²) in [5.41, 5.74) is 1.54. The van der Waals surface area contributed by atoms with Crippen molar-refractivity contribution in [2.75, 3.05) is 19.0 Å². The lowest BCUT2D eigenvalue weighted by Gasteiger charge is -2.08. The molecule has 5 nitrogen and oxygen atoms in total. The Morgan fingerprint density at radius 3 is 2.46 bits per heavy atom. The summed E-state index contributed by atoms with van der Waals surface area (Å²) in [4.78, 5) is 23.7. The number of rotatable bonds is 6. The first-order valence-corrected chi connectivity index (χ1v) is 8.49. The topological polar surface area (TPSA) is 64.6 Å². The molecule has 2 aromatic rings. The number of carbonyl (C=O) groups excluding carboxylic acids is 2. The van der Waals surface area contributed by atoms with Gasteiger partial charge in [-0.15, -0.1) is 0 Å². The first-order chi connectivity index (χ1) is 12.4. The minimum Gasteiger partial charge on any atom is -0.495 e. The molecule has 0 saturated carbocycles. The number of hydrogen-bond donors (Lipinski definition) is 1. The van der Waals surface area contributed by atoms with Crippen LogP contribution < -0.4 is 10.1 Å². The number of hydrogen-bond acceptors (Lipinski definition) is 4. The van der Waals surface area contributed by atoms with Crippen LogP contribution in [0.1, 0.15) is 22.8 Å². The summed E-state index contributed by atoms with van der Waals surface area (Å²) in [6, 6.07) is 9.60. The summed E-state index contributed by atoms with van der Waals surface area (Å²) >= 11 is 12.0. The van der Waals surface area contributed by atoms with Gasteiger partial charge in [0.15, 0.2) is 0 Å². The molecule has 1 N–H and O–H groups in total. The van der Waals surface area contributed by atoms with E-state index in [1.54, 1.807) is 49.4 Å². The largest absolute Gasteiger partial charge is 0.495 e. The monoisotopic (exact) mass is 393 g/mol. The fourth-order valence-corrected chi connectivity index (χ4v) is 2.76. The maximum atomic E-state index is 12.1. The highest BCUT2D eigenvalue weighted by Gasteiger charge is 2.09. The lowest BCUT2D eigenvalue weighted by Crippen LogP contribution is -2.09. The zero-order valence-electron chi connectivity index (χ0n) is 14.2. The van der Waals surface area contributed by atoms with E-state index in [-0.39, 0.29) is 5.91 Å². The fraction of sp³-hybridized carbons (Fsp3) is 0.158. The molecule has 0 aliphatic carbocycles. The van der Waals surface area contributed by atoms with Crippen molar-refractivity contribution >= 4 is 46.8 Å². The van der Waals surface area contributed by atoms with Crippen LogP contribution in [-0.2, 0) is 9.53 Å². The average Bonchev–Trinajstić information content (AvgIpc) is 2.60. The minimum atomic E-state index is -0.407. The Morgan fingerprint density at radius 2 is 1.85 bits per heavy atom. The van der Waals surface area contributed by atoms with Crippen molar-refractivity contribution in [2.45, 2.75) is 6.92 Å². The molecule has 7 heteroatoms. The summed E-state index contributed by atoms with van der Waals surface area (Å²) in [5.74, 6) is -0.332. The Bertz CT molecular complexity index is 832. The molecule has 2 rings (SSSR count). The van der Waals surface area contributed by atoms with Crippen LogP contribution in [0.25, 0.3) is 6.08 Å². The van der Waals surface area contributed by atoms with Gasteiger partial charge in [-0.1, -0.05) is 23.2 Å². The number of amides is 1. The third-order valence-corrected chi connectivity index (χ3v) is 3.82. The third kappa shape index (κ3) is 5.25. The normalized spacial score (nSPS) is 10.6. The zero-order chi connectivity index (χ0) is 19.1. The summed E-state index contributed by atoms with van der Waals surface area (Å²) in [6.45, 7) is 2.04. The van der Waals surface area contributed by atoms with Crippen molar-refractivity contribution in [1.29, 1.82) is 0 Å². The zero-order valence-corrected chi connectivity index (χ0v) is 15.7. The second-order valence-corrected chi connectivity index (χ2v) is 5.97. The van der Waals surface area contributed by atoms with Gasteiger partial charge in [-0.3, -0.25) is 4.79 Å². The lowest BCUT2D eigenvalue weighted by molar-refractivity contribution is -0.111. The molecule has 0 unspecified atom stereocenters. The molecular weight excluding hydrogens is 377 g/mol. The standard InChI is InChI=1S/C19H17Cl2NO4/c1-3-26-19(24)12-4-7-15(8-5-12)22-17(23)9-6-13-10-14(20)11-16(21)18(13)25-2/h4-11H,3H2,1-2H3,(H,22,23)/b9-6+. The van der Waals surface area contributed by atoms with Gasteiger partial charge in [0.05, 0.1) is 24.3 Å². The van der Waals surface area contributed by atoms with E-state index in [9.17, 15) is 9.59 Å². The van der Waals surface area contributed by atoms with Crippen molar-refractivity contribution in [1.82, 2.24) is 0 Å². The van der Waals surface area contributed by atoms with Gasteiger partial charge in [-0.2, -0.15) is 0 Å². The van der Waals surface area contributed by atoms with Crippen molar-refractivity contribution < 1.29 is 19.1 Å². The fourth-order valence-electron chi connectivity index (χ4n) is 2.17. The van der Waals surface area contributed by atoms with Gasteiger partial charge in [0.25, 0.3) is 0 Å². The number of ether oxygens (including phenoxy) is 2. The Labute approximate surface area is 161 Å². The number of nitrogens with one attached hydrogen (secondary N) is 1. The second-order valence-electron chi connectivity index (χ2n) is 5.13. The maximum Gasteiger partial charge on any atom is 0.338 e. The van der Waals surface area contributed by atoms with E-state index in [0.717, 1.165) is 0 Å². The second kappa shape index (κ2) is 9.27. The number of halogens is 2. The van der Waals surface area contributed by atoms with Crippen LogP contribution in [0.2, 0.25) is 10.0 Å². The van der Waals surface area contributed by atoms with E-state index in [1.807, 2.05) is 0 Å². The summed E-state index contributed by atoms with van der Waals surface area (Å²) < 4.78 is 10.1. The van der Waals surface area contributed by atoms with Gasteiger partial charge < -0.3 is 14.8 Å². The summed E-state index contributed by atoms with van der Waals surface area (Å²) in [5, 5.41) is 3.48. The molecule has 0 heterocycles. The van der Waals surface area contributed by atoms with Crippen molar-refractivity contribution in [3.8, 4) is 5.75 Å². The predicted molar refractivity (Wildman–Crippen MR) is 103 cm³/mol. The van der Waals surface area contributed by atoms with E-state index in [4.69, 9.17) is 32.7 Å². The predicted octanol–water partition coefficient (Wildman–Crippen LogP) is 4.83. The molecule has 0 saturated heterocycles. The van der Waals surface area contributed by atoms with E-state index in [0.29, 0.717) is 39.2 Å². The Hall–Kier alpha value is -2.50. The Kier molecular flexibility index (Phi) is 7.06. The third-order valence-electron chi connectivity index (χ3n) is 3.32. The highest BCUT2D eigenvalue weighted by molar-refractivity contribution is 6.36. The number of methoxy groups -OCH3 is 1. The highest BCUT2D eigenvalue weighted by atomic mass is 35.5. The summed E-state index contributed by atoms with van der Waals surface area (Å²) in [7, 11) is 1.48. The molecule has 0 bridgehead atoms. The van der Waals surface area contributed by atoms with Crippen molar-refractivity contribution in [3.63, 3.8) is 0 Å². The van der Waals surface area contributed by atoms with Gasteiger partial charge in [0.1, 0.15) is 5.75 Å². The van der Waals surface area contributed by atoms with Gasteiger partial charge in [-0.05, 0) is 49.4 Å². The van der Waals surface area contributed by atoms with Gasteiger partial charge in [0, 0.05) is 22.3 Å². The lowest BCUT2D eigenvalue weighted by atomic mass is 10.1. The van der Waals surface area contributed by atoms with Crippen LogP contribution in [0.4, 0.5) is 5.69 Å². The molecule has 0 aliphatic heterocycles. The molecular formula is C19H17Cl2NO4. The van der Waals surface area contributed by atoms with Crippen molar-refractivity contribution in [2.24, 2.45) is 0 Å².